The maximum atomic E-state index is 12.5. The van der Waals surface area contributed by atoms with Gasteiger partial charge >= 0.3 is 0 Å². The van der Waals surface area contributed by atoms with Crippen LogP contribution in [0.2, 0.25) is 10.2 Å². The molecule has 33 heavy (non-hydrogen) atoms. The van der Waals surface area contributed by atoms with Gasteiger partial charge in [0, 0.05) is 37.0 Å². The molecule has 0 saturated carbocycles. The van der Waals surface area contributed by atoms with Crippen molar-refractivity contribution in [2.45, 2.75) is 38.7 Å². The van der Waals surface area contributed by atoms with Crippen molar-refractivity contribution in [1.29, 1.82) is 0 Å². The number of aromatic nitrogens is 3. The molecule has 3 N–H and O–H groups in total. The number of nitrogens with zero attached hydrogens (tertiary/aromatic N) is 3. The van der Waals surface area contributed by atoms with Crippen molar-refractivity contribution >= 4 is 40.7 Å². The third kappa shape index (κ3) is 6.20. The molecule has 0 aromatic carbocycles. The highest BCUT2D eigenvalue weighted by atomic mass is 35.5. The zero-order valence-electron chi connectivity index (χ0n) is 18.8. The van der Waals surface area contributed by atoms with E-state index in [4.69, 9.17) is 27.9 Å². The second kappa shape index (κ2) is 10.3. The number of ether oxygens (including phenoxy) is 1. The largest absolute Gasteiger partial charge is 0.376 e. The molecule has 1 saturated heterocycles. The molecule has 2 aliphatic rings. The number of rotatable bonds is 6. The van der Waals surface area contributed by atoms with Gasteiger partial charge in [0.15, 0.2) is 5.15 Å². The van der Waals surface area contributed by atoms with Gasteiger partial charge < -0.3 is 20.7 Å². The van der Waals surface area contributed by atoms with Crippen molar-refractivity contribution in [2.24, 2.45) is 5.92 Å². The fraction of sp³-hybridized carbons (Fsp3) is 0.478. The molecule has 4 rings (SSSR count). The minimum absolute atomic E-state index is 0.115. The summed E-state index contributed by atoms with van der Waals surface area (Å²) in [6, 6.07) is 1.66. The number of halogens is 2. The summed E-state index contributed by atoms with van der Waals surface area (Å²) in [7, 11) is 0. The predicted octanol–water partition coefficient (Wildman–Crippen LogP) is 4.32. The van der Waals surface area contributed by atoms with E-state index in [0.717, 1.165) is 39.0 Å². The van der Waals surface area contributed by atoms with Gasteiger partial charge in [0.2, 0.25) is 0 Å². The average Bonchev–Trinajstić information content (AvgIpc) is 2.80. The number of hydrogen-bond donors (Lipinski definition) is 3. The molecule has 8 nitrogen and oxygen atoms in total. The van der Waals surface area contributed by atoms with Crippen molar-refractivity contribution in [1.82, 2.24) is 20.3 Å². The molecule has 10 heteroatoms. The Morgan fingerprint density at radius 1 is 1.27 bits per heavy atom. The molecule has 0 radical (unpaired) electrons. The summed E-state index contributed by atoms with van der Waals surface area (Å²) in [5.74, 6) is 1.25. The van der Waals surface area contributed by atoms with E-state index >= 15 is 0 Å². The normalized spacial score (nSPS) is 20.1. The standard InChI is InChI=1S/C23H28Cl2N6O2/c1-23(2)9-14(5-7-33-23)10-27-19-13-29-21(25)20(30-19)16-8-18(28-12-17(16)24)31-22(32)15-4-3-6-26-11-15/h4,8,12-14,26H,3,5-7,9-11H2,1-2H3,(H,27,30)(H,28,31,32)/t14-/m0/s1. The Morgan fingerprint density at radius 3 is 2.88 bits per heavy atom. The van der Waals surface area contributed by atoms with Crippen LogP contribution in [-0.4, -0.2) is 52.7 Å². The van der Waals surface area contributed by atoms with E-state index in [2.05, 4.69) is 44.7 Å². The number of anilines is 2. The Hall–Kier alpha value is -2.26. The van der Waals surface area contributed by atoms with Crippen molar-refractivity contribution in [2.75, 3.05) is 36.9 Å². The van der Waals surface area contributed by atoms with Crippen LogP contribution in [0.4, 0.5) is 11.6 Å². The second-order valence-corrected chi connectivity index (χ2v) is 9.71. The maximum Gasteiger partial charge on any atom is 0.253 e. The SMILES string of the molecule is CC1(C)C[C@@H](CNc2cnc(Cl)c(-c3cc(NC(=O)C4=CCCNC4)ncc3Cl)n2)CCO1. The number of hydrogen-bond acceptors (Lipinski definition) is 7. The molecular weight excluding hydrogens is 463 g/mol. The number of pyridine rings is 1. The molecule has 176 valence electrons. The van der Waals surface area contributed by atoms with E-state index in [9.17, 15) is 4.79 Å². The molecule has 0 bridgehead atoms. The molecule has 0 spiro atoms. The quantitative estimate of drug-likeness (QED) is 0.553. The van der Waals surface area contributed by atoms with Gasteiger partial charge in [-0.05, 0) is 51.6 Å². The molecule has 4 heterocycles. The number of carbonyl (C=O) groups excluding carboxylic acids is 1. The first-order valence-electron chi connectivity index (χ1n) is 11.1. The summed E-state index contributed by atoms with van der Waals surface area (Å²) in [5, 5.41) is 9.96. The molecule has 2 aromatic rings. The lowest BCUT2D eigenvalue weighted by atomic mass is 9.88. The molecule has 0 aliphatic carbocycles. The minimum atomic E-state index is -0.199. The first kappa shape index (κ1) is 23.9. The summed E-state index contributed by atoms with van der Waals surface area (Å²) < 4.78 is 5.80. The highest BCUT2D eigenvalue weighted by molar-refractivity contribution is 6.35. The summed E-state index contributed by atoms with van der Waals surface area (Å²) in [6.07, 6.45) is 7.80. The predicted molar refractivity (Wildman–Crippen MR) is 131 cm³/mol. The van der Waals surface area contributed by atoms with E-state index in [-0.39, 0.29) is 16.7 Å². The molecule has 0 unspecified atom stereocenters. The van der Waals surface area contributed by atoms with E-state index in [0.29, 0.717) is 46.0 Å². The van der Waals surface area contributed by atoms with Crippen LogP contribution < -0.4 is 16.0 Å². The van der Waals surface area contributed by atoms with Crippen LogP contribution in [0.1, 0.15) is 33.1 Å². The van der Waals surface area contributed by atoms with Gasteiger partial charge in [0.25, 0.3) is 5.91 Å². The van der Waals surface area contributed by atoms with E-state index in [1.807, 2.05) is 6.08 Å². The van der Waals surface area contributed by atoms with Crippen molar-refractivity contribution in [3.63, 3.8) is 0 Å². The van der Waals surface area contributed by atoms with Gasteiger partial charge in [-0.15, -0.1) is 0 Å². The molecule has 1 atom stereocenters. The summed E-state index contributed by atoms with van der Waals surface area (Å²) >= 11 is 12.8. The van der Waals surface area contributed by atoms with Crippen LogP contribution in [-0.2, 0) is 9.53 Å². The summed E-state index contributed by atoms with van der Waals surface area (Å²) in [5.41, 5.74) is 1.54. The Morgan fingerprint density at radius 2 is 2.12 bits per heavy atom. The van der Waals surface area contributed by atoms with Crippen LogP contribution in [0.15, 0.2) is 30.1 Å². The van der Waals surface area contributed by atoms with Gasteiger partial charge in [0.05, 0.1) is 16.8 Å². The summed E-state index contributed by atoms with van der Waals surface area (Å²) in [6.45, 7) is 7.14. The Kier molecular flexibility index (Phi) is 7.48. The molecule has 1 fully saturated rings. The van der Waals surface area contributed by atoms with Gasteiger partial charge in [-0.1, -0.05) is 29.3 Å². The second-order valence-electron chi connectivity index (χ2n) is 8.94. The van der Waals surface area contributed by atoms with Crippen molar-refractivity contribution in [3.05, 3.63) is 40.3 Å². The van der Waals surface area contributed by atoms with Crippen molar-refractivity contribution in [3.8, 4) is 11.3 Å². The Balaban J connectivity index is 1.50. The van der Waals surface area contributed by atoms with Crippen LogP contribution in [0.5, 0.6) is 0 Å². The van der Waals surface area contributed by atoms with Crippen LogP contribution in [0.25, 0.3) is 11.3 Å². The van der Waals surface area contributed by atoms with E-state index in [1.54, 1.807) is 12.3 Å². The molecule has 2 aromatic heterocycles. The number of nitrogens with one attached hydrogen (secondary N) is 3. The first-order valence-corrected chi connectivity index (χ1v) is 11.8. The zero-order chi connectivity index (χ0) is 23.4. The van der Waals surface area contributed by atoms with Crippen LogP contribution in [0.3, 0.4) is 0 Å². The van der Waals surface area contributed by atoms with E-state index < -0.39 is 0 Å². The fourth-order valence-corrected chi connectivity index (χ4v) is 4.50. The fourth-order valence-electron chi connectivity index (χ4n) is 4.11. The maximum absolute atomic E-state index is 12.5. The highest BCUT2D eigenvalue weighted by Crippen LogP contribution is 2.33. The van der Waals surface area contributed by atoms with Gasteiger partial charge in [-0.3, -0.25) is 4.79 Å². The zero-order valence-corrected chi connectivity index (χ0v) is 20.3. The number of amides is 1. The molecule has 1 amide bonds. The first-order chi connectivity index (χ1) is 15.8. The smallest absolute Gasteiger partial charge is 0.253 e. The number of carbonyl (C=O) groups is 1. The lowest BCUT2D eigenvalue weighted by Crippen LogP contribution is -2.36. The van der Waals surface area contributed by atoms with Crippen molar-refractivity contribution < 1.29 is 9.53 Å². The van der Waals surface area contributed by atoms with E-state index in [1.165, 1.54) is 6.20 Å². The van der Waals surface area contributed by atoms with Gasteiger partial charge in [-0.25, -0.2) is 15.0 Å². The molecule has 2 aliphatic heterocycles. The average molecular weight is 491 g/mol. The van der Waals surface area contributed by atoms with Gasteiger partial charge in [-0.2, -0.15) is 0 Å². The lowest BCUT2D eigenvalue weighted by Gasteiger charge is -2.35. The van der Waals surface area contributed by atoms with Gasteiger partial charge in [0.1, 0.15) is 17.3 Å². The van der Waals surface area contributed by atoms with Crippen LogP contribution in [0, 0.1) is 5.92 Å². The minimum Gasteiger partial charge on any atom is -0.376 e. The highest BCUT2D eigenvalue weighted by Gasteiger charge is 2.28. The third-order valence-electron chi connectivity index (χ3n) is 5.77. The summed E-state index contributed by atoms with van der Waals surface area (Å²) in [4.78, 5) is 25.7. The Labute approximate surface area is 203 Å². The monoisotopic (exact) mass is 490 g/mol. The molecular formula is C23H28Cl2N6O2. The third-order valence-corrected chi connectivity index (χ3v) is 6.35. The Bertz CT molecular complexity index is 1060. The van der Waals surface area contributed by atoms with Crippen LogP contribution >= 0.6 is 23.2 Å². The lowest BCUT2D eigenvalue weighted by molar-refractivity contribution is -0.113. The topological polar surface area (TPSA) is 101 Å².